The van der Waals surface area contributed by atoms with Crippen LogP contribution in [0.3, 0.4) is 0 Å². The van der Waals surface area contributed by atoms with Crippen molar-refractivity contribution in [1.82, 2.24) is 9.78 Å². The van der Waals surface area contributed by atoms with Crippen molar-refractivity contribution in [3.63, 3.8) is 0 Å². The molecule has 2 aromatic rings. The van der Waals surface area contributed by atoms with Crippen molar-refractivity contribution >= 4 is 11.9 Å². The van der Waals surface area contributed by atoms with Gasteiger partial charge in [0, 0.05) is 12.7 Å². The first-order valence-electron chi connectivity index (χ1n) is 7.19. The van der Waals surface area contributed by atoms with Crippen LogP contribution >= 0.6 is 0 Å². The number of aromatic nitrogens is 2. The van der Waals surface area contributed by atoms with Crippen LogP contribution in [-0.4, -0.2) is 29.3 Å². The molecule has 0 radical (unpaired) electrons. The Morgan fingerprint density at radius 3 is 2.54 bits per heavy atom. The average molecular weight is 336 g/mol. The Bertz CT molecular complexity index is 782. The lowest BCUT2D eigenvalue weighted by Crippen LogP contribution is -2.03. The number of allylic oxidation sites excluding steroid dienone is 1. The van der Waals surface area contributed by atoms with Crippen molar-refractivity contribution in [2.24, 2.45) is 7.05 Å². The zero-order valence-corrected chi connectivity index (χ0v) is 13.8. The molecular weight excluding hydrogens is 318 g/mol. The van der Waals surface area contributed by atoms with Crippen LogP contribution in [-0.2, 0) is 7.05 Å². The molecule has 0 unspecified atom stereocenters. The Balaban J connectivity index is 2.26. The standard InChI is InChI=1S/C17H18F2N2O3/c1-10-16(11(2)21(3)20-10)13(22)7-5-12-6-8-14(23-4)15(9-12)24-17(18)19/h5-9,17H,1-4H3. The number of ether oxygens (including phenoxy) is 2. The maximum absolute atomic E-state index is 12.4. The molecule has 1 aromatic heterocycles. The third-order valence-corrected chi connectivity index (χ3v) is 3.59. The minimum Gasteiger partial charge on any atom is -0.493 e. The van der Waals surface area contributed by atoms with Crippen LogP contribution in [0.15, 0.2) is 24.3 Å². The molecule has 0 spiro atoms. The lowest BCUT2D eigenvalue weighted by atomic mass is 10.1. The molecule has 0 bridgehead atoms. The van der Waals surface area contributed by atoms with Crippen molar-refractivity contribution in [2.75, 3.05) is 7.11 Å². The Hall–Kier alpha value is -2.70. The van der Waals surface area contributed by atoms with Crippen LogP contribution in [0.25, 0.3) is 6.08 Å². The van der Waals surface area contributed by atoms with Crippen molar-refractivity contribution in [3.8, 4) is 11.5 Å². The molecule has 1 aromatic carbocycles. The fraction of sp³-hybridized carbons (Fsp3) is 0.294. The molecular formula is C17H18F2N2O3. The van der Waals surface area contributed by atoms with Gasteiger partial charge < -0.3 is 9.47 Å². The minimum atomic E-state index is -2.96. The minimum absolute atomic E-state index is 0.0872. The summed E-state index contributed by atoms with van der Waals surface area (Å²) in [4.78, 5) is 12.3. The third kappa shape index (κ3) is 3.79. The molecule has 0 aliphatic heterocycles. The van der Waals surface area contributed by atoms with Crippen LogP contribution in [0.2, 0.25) is 0 Å². The fourth-order valence-electron chi connectivity index (χ4n) is 2.37. The number of carbonyl (C=O) groups excluding carboxylic acids is 1. The molecule has 0 aliphatic rings. The van der Waals surface area contributed by atoms with E-state index in [0.29, 0.717) is 16.8 Å². The van der Waals surface area contributed by atoms with E-state index in [0.717, 1.165) is 5.69 Å². The first-order valence-corrected chi connectivity index (χ1v) is 7.19. The van der Waals surface area contributed by atoms with Crippen molar-refractivity contribution in [2.45, 2.75) is 20.5 Å². The van der Waals surface area contributed by atoms with Crippen LogP contribution in [0.5, 0.6) is 11.5 Å². The van der Waals surface area contributed by atoms with Crippen LogP contribution in [0.1, 0.15) is 27.3 Å². The van der Waals surface area contributed by atoms with E-state index in [4.69, 9.17) is 4.74 Å². The van der Waals surface area contributed by atoms with Gasteiger partial charge in [0.25, 0.3) is 0 Å². The van der Waals surface area contributed by atoms with Crippen LogP contribution in [0, 0.1) is 13.8 Å². The SMILES string of the molecule is COc1ccc(C=CC(=O)c2c(C)nn(C)c2C)cc1OC(F)F. The summed E-state index contributed by atoms with van der Waals surface area (Å²) >= 11 is 0. The topological polar surface area (TPSA) is 53.3 Å². The molecule has 0 aliphatic carbocycles. The van der Waals surface area contributed by atoms with E-state index in [1.54, 1.807) is 24.7 Å². The summed E-state index contributed by atoms with van der Waals surface area (Å²) in [5.41, 5.74) is 2.48. The van der Waals surface area contributed by atoms with Gasteiger partial charge in [-0.15, -0.1) is 0 Å². The van der Waals surface area contributed by atoms with E-state index in [-0.39, 0.29) is 17.3 Å². The second-order valence-corrected chi connectivity index (χ2v) is 5.16. The molecule has 0 atom stereocenters. The van der Waals surface area contributed by atoms with Gasteiger partial charge in [0.15, 0.2) is 17.3 Å². The second-order valence-electron chi connectivity index (χ2n) is 5.16. The number of hydrogen-bond acceptors (Lipinski definition) is 4. The second kappa shape index (κ2) is 7.25. The highest BCUT2D eigenvalue weighted by molar-refractivity contribution is 6.08. The molecule has 1 heterocycles. The average Bonchev–Trinajstić information content (AvgIpc) is 2.77. The highest BCUT2D eigenvalue weighted by atomic mass is 19.3. The number of rotatable bonds is 6. The predicted octanol–water partition coefficient (Wildman–Crippen LogP) is 3.54. The molecule has 2 rings (SSSR count). The predicted molar refractivity (Wildman–Crippen MR) is 85.7 cm³/mol. The van der Waals surface area contributed by atoms with Crippen molar-refractivity contribution < 1.29 is 23.0 Å². The summed E-state index contributed by atoms with van der Waals surface area (Å²) in [6.45, 7) is 0.611. The molecule has 24 heavy (non-hydrogen) atoms. The van der Waals surface area contributed by atoms with Gasteiger partial charge in [0.1, 0.15) is 0 Å². The zero-order chi connectivity index (χ0) is 17.9. The summed E-state index contributed by atoms with van der Waals surface area (Å²) in [5, 5.41) is 4.20. The van der Waals surface area contributed by atoms with Crippen LogP contribution in [0.4, 0.5) is 8.78 Å². The molecule has 0 fully saturated rings. The van der Waals surface area contributed by atoms with E-state index in [2.05, 4.69) is 9.84 Å². The molecule has 5 nitrogen and oxygen atoms in total. The number of hydrogen-bond donors (Lipinski definition) is 0. The van der Waals surface area contributed by atoms with E-state index in [1.807, 2.05) is 6.92 Å². The molecule has 128 valence electrons. The van der Waals surface area contributed by atoms with Crippen molar-refractivity contribution in [1.29, 1.82) is 0 Å². The van der Waals surface area contributed by atoms with E-state index in [9.17, 15) is 13.6 Å². The highest BCUT2D eigenvalue weighted by Gasteiger charge is 2.15. The van der Waals surface area contributed by atoms with Gasteiger partial charge in [-0.1, -0.05) is 12.1 Å². The summed E-state index contributed by atoms with van der Waals surface area (Å²) in [6, 6.07) is 4.53. The number of halogens is 2. The number of carbonyl (C=O) groups is 1. The number of nitrogens with zero attached hydrogens (tertiary/aromatic N) is 2. The smallest absolute Gasteiger partial charge is 0.387 e. The molecule has 0 saturated heterocycles. The van der Waals surface area contributed by atoms with Gasteiger partial charge in [-0.2, -0.15) is 13.9 Å². The van der Waals surface area contributed by atoms with Gasteiger partial charge in [0.05, 0.1) is 18.4 Å². The largest absolute Gasteiger partial charge is 0.493 e. The maximum atomic E-state index is 12.4. The highest BCUT2D eigenvalue weighted by Crippen LogP contribution is 2.30. The number of aryl methyl sites for hydroxylation is 2. The number of alkyl halides is 2. The van der Waals surface area contributed by atoms with E-state index >= 15 is 0 Å². The summed E-state index contributed by atoms with van der Waals surface area (Å²) in [7, 11) is 3.13. The first-order chi connectivity index (χ1) is 11.3. The monoisotopic (exact) mass is 336 g/mol. The molecule has 0 amide bonds. The lowest BCUT2D eigenvalue weighted by molar-refractivity contribution is -0.0512. The Morgan fingerprint density at radius 1 is 1.29 bits per heavy atom. The fourth-order valence-corrected chi connectivity index (χ4v) is 2.37. The van der Waals surface area contributed by atoms with E-state index in [1.165, 1.54) is 31.4 Å². The normalized spacial score (nSPS) is 11.3. The van der Waals surface area contributed by atoms with Crippen LogP contribution < -0.4 is 9.47 Å². The maximum Gasteiger partial charge on any atom is 0.387 e. The van der Waals surface area contributed by atoms with Gasteiger partial charge in [-0.05, 0) is 37.6 Å². The van der Waals surface area contributed by atoms with Gasteiger partial charge in [-0.3, -0.25) is 9.48 Å². The number of ketones is 1. The Labute approximate surface area is 138 Å². The van der Waals surface area contributed by atoms with Crippen molar-refractivity contribution in [3.05, 3.63) is 46.8 Å². The third-order valence-electron chi connectivity index (χ3n) is 3.59. The van der Waals surface area contributed by atoms with Gasteiger partial charge in [0.2, 0.25) is 0 Å². The molecule has 0 N–H and O–H groups in total. The van der Waals surface area contributed by atoms with E-state index < -0.39 is 6.61 Å². The number of methoxy groups -OCH3 is 1. The lowest BCUT2D eigenvalue weighted by Gasteiger charge is -2.10. The first kappa shape index (κ1) is 17.7. The van der Waals surface area contributed by atoms with Gasteiger partial charge in [-0.25, -0.2) is 0 Å². The van der Waals surface area contributed by atoms with Gasteiger partial charge >= 0.3 is 6.61 Å². The summed E-state index contributed by atoms with van der Waals surface area (Å²) in [6.07, 6.45) is 2.91. The quantitative estimate of drug-likeness (QED) is 0.598. The summed E-state index contributed by atoms with van der Waals surface area (Å²) in [5.74, 6) is -0.0983. The zero-order valence-electron chi connectivity index (χ0n) is 13.8. The molecule has 0 saturated carbocycles. The number of benzene rings is 1. The summed E-state index contributed by atoms with van der Waals surface area (Å²) < 4.78 is 35.9. The Morgan fingerprint density at radius 2 is 2.00 bits per heavy atom. The molecule has 7 heteroatoms. The Kier molecular flexibility index (Phi) is 5.33.